The largest absolute Gasteiger partial charge is 0.353 e. The smallest absolute Gasteiger partial charge is 0.293 e. The van der Waals surface area contributed by atoms with Crippen LogP contribution in [-0.2, 0) is 9.59 Å². The first-order valence-electron chi connectivity index (χ1n) is 9.82. The van der Waals surface area contributed by atoms with Crippen LogP contribution in [0, 0.1) is 0 Å². The van der Waals surface area contributed by atoms with E-state index in [0.29, 0.717) is 22.7 Å². The number of thioether (sulfide) groups is 1. The monoisotopic (exact) mass is 456 g/mol. The molecule has 4 amide bonds. The summed E-state index contributed by atoms with van der Waals surface area (Å²) < 4.78 is 0. The van der Waals surface area contributed by atoms with Gasteiger partial charge in [-0.2, -0.15) is 0 Å². The van der Waals surface area contributed by atoms with Crippen LogP contribution in [0.3, 0.4) is 0 Å². The number of carbonyl (C=O) groups is 4. The average Bonchev–Trinajstić information content (AvgIpc) is 3.52. The van der Waals surface area contributed by atoms with Gasteiger partial charge in [0.05, 0.1) is 9.78 Å². The van der Waals surface area contributed by atoms with Gasteiger partial charge in [-0.25, -0.2) is 0 Å². The van der Waals surface area contributed by atoms with Gasteiger partial charge in [0.15, 0.2) is 0 Å². The fourth-order valence-electron chi connectivity index (χ4n) is 3.54. The lowest BCUT2D eigenvalue weighted by Gasteiger charge is -2.23. The summed E-state index contributed by atoms with van der Waals surface area (Å²) in [6, 6.07) is 6.57. The van der Waals surface area contributed by atoms with E-state index in [1.54, 1.807) is 41.6 Å². The van der Waals surface area contributed by atoms with Gasteiger partial charge in [0, 0.05) is 32.0 Å². The summed E-state index contributed by atoms with van der Waals surface area (Å²) in [5.41, 5.74) is 0.734. The zero-order valence-electron chi connectivity index (χ0n) is 16.5. The van der Waals surface area contributed by atoms with E-state index in [1.807, 2.05) is 11.4 Å². The first-order chi connectivity index (χ1) is 15.0. The molecule has 4 rings (SSSR count). The van der Waals surface area contributed by atoms with Crippen molar-refractivity contribution in [2.24, 2.45) is 0 Å². The number of amides is 4. The topological polar surface area (TPSA) is 99.7 Å². The minimum Gasteiger partial charge on any atom is -0.353 e. The van der Waals surface area contributed by atoms with Gasteiger partial charge in [-0.1, -0.05) is 12.1 Å². The minimum atomic E-state index is -0.532. The summed E-state index contributed by atoms with van der Waals surface area (Å²) in [6.07, 6.45) is 6.23. The summed E-state index contributed by atoms with van der Waals surface area (Å²) in [6.45, 7) is 0.748. The lowest BCUT2D eigenvalue weighted by Crippen LogP contribution is -2.47. The maximum absolute atomic E-state index is 12.7. The molecule has 10 heteroatoms. The Kier molecular flexibility index (Phi) is 6.47. The number of pyridine rings is 1. The number of rotatable bonds is 6. The number of imide groups is 1. The van der Waals surface area contributed by atoms with Crippen LogP contribution in [-0.4, -0.2) is 63.4 Å². The van der Waals surface area contributed by atoms with E-state index in [0.717, 1.165) is 28.6 Å². The summed E-state index contributed by atoms with van der Waals surface area (Å²) in [7, 11) is 0. The van der Waals surface area contributed by atoms with E-state index in [1.165, 1.54) is 11.3 Å². The van der Waals surface area contributed by atoms with Crippen molar-refractivity contribution < 1.29 is 19.2 Å². The highest BCUT2D eigenvalue weighted by molar-refractivity contribution is 8.18. The van der Waals surface area contributed by atoms with Crippen LogP contribution < -0.4 is 5.32 Å². The summed E-state index contributed by atoms with van der Waals surface area (Å²) >= 11 is 2.22. The number of nitrogens with one attached hydrogen (secondary N) is 1. The Morgan fingerprint density at radius 1 is 1.26 bits per heavy atom. The average molecular weight is 457 g/mol. The molecular weight excluding hydrogens is 436 g/mol. The van der Waals surface area contributed by atoms with Crippen molar-refractivity contribution in [2.75, 3.05) is 19.6 Å². The minimum absolute atomic E-state index is 0.0758. The first kappa shape index (κ1) is 21.3. The van der Waals surface area contributed by atoms with Gasteiger partial charge in [-0.15, -0.1) is 11.3 Å². The lowest BCUT2D eigenvalue weighted by atomic mass is 10.2. The molecule has 1 atom stereocenters. The highest BCUT2D eigenvalue weighted by Gasteiger charge is 2.36. The van der Waals surface area contributed by atoms with E-state index in [2.05, 4.69) is 10.3 Å². The normalized spacial score (nSPS) is 20.0. The molecule has 0 aromatic carbocycles. The Bertz CT molecular complexity index is 1020. The number of nitrogens with zero attached hydrogens (tertiary/aromatic N) is 3. The van der Waals surface area contributed by atoms with Crippen molar-refractivity contribution >= 4 is 52.1 Å². The molecule has 0 saturated carbocycles. The van der Waals surface area contributed by atoms with Crippen molar-refractivity contribution in [3.8, 4) is 0 Å². The molecule has 0 aliphatic carbocycles. The molecule has 1 N–H and O–H groups in total. The van der Waals surface area contributed by atoms with Gasteiger partial charge in [-0.05, 0) is 53.8 Å². The Hall–Kier alpha value is -2.98. The third-order valence-corrected chi connectivity index (χ3v) is 6.80. The third kappa shape index (κ3) is 4.70. The van der Waals surface area contributed by atoms with Gasteiger partial charge in [0.2, 0.25) is 5.91 Å². The second-order valence-corrected chi connectivity index (χ2v) is 8.99. The molecule has 0 radical (unpaired) electrons. The number of hydrogen-bond donors (Lipinski definition) is 1. The molecule has 4 heterocycles. The molecule has 2 aromatic heterocycles. The SMILES string of the molecule is O=C(NCCN1C(=O)SC(=Cc2cccnc2)C1=O)C1CCCN1C(=O)c1cccs1. The molecular formula is C21H20N4O4S2. The number of thiophene rings is 1. The maximum atomic E-state index is 12.7. The van der Waals surface area contributed by atoms with E-state index >= 15 is 0 Å². The van der Waals surface area contributed by atoms with Crippen LogP contribution in [0.2, 0.25) is 0 Å². The van der Waals surface area contributed by atoms with E-state index in [4.69, 9.17) is 0 Å². The van der Waals surface area contributed by atoms with Crippen LogP contribution in [0.5, 0.6) is 0 Å². The number of aromatic nitrogens is 1. The Morgan fingerprint density at radius 3 is 2.87 bits per heavy atom. The predicted molar refractivity (Wildman–Crippen MR) is 118 cm³/mol. The first-order valence-corrected chi connectivity index (χ1v) is 11.5. The maximum Gasteiger partial charge on any atom is 0.293 e. The molecule has 2 aromatic rings. The zero-order chi connectivity index (χ0) is 21.8. The Labute approximate surface area is 187 Å². The summed E-state index contributed by atoms with van der Waals surface area (Å²) in [5.74, 6) is -0.789. The summed E-state index contributed by atoms with van der Waals surface area (Å²) in [5, 5.41) is 4.23. The molecule has 0 spiro atoms. The van der Waals surface area contributed by atoms with Gasteiger partial charge in [-0.3, -0.25) is 29.1 Å². The molecule has 2 aliphatic heterocycles. The number of carbonyl (C=O) groups excluding carboxylic acids is 4. The molecule has 8 nitrogen and oxygen atoms in total. The van der Waals surface area contributed by atoms with Crippen LogP contribution in [0.1, 0.15) is 28.1 Å². The predicted octanol–water partition coefficient (Wildman–Crippen LogP) is 2.60. The van der Waals surface area contributed by atoms with Gasteiger partial charge >= 0.3 is 0 Å². The molecule has 2 fully saturated rings. The van der Waals surface area contributed by atoms with Gasteiger partial charge in [0.1, 0.15) is 6.04 Å². The molecule has 2 aliphatic rings. The molecule has 31 heavy (non-hydrogen) atoms. The van der Waals surface area contributed by atoms with Gasteiger partial charge < -0.3 is 10.2 Å². The molecule has 1 unspecified atom stereocenters. The number of likely N-dealkylation sites (tertiary alicyclic amines) is 1. The second kappa shape index (κ2) is 9.44. The standard InChI is InChI=1S/C21H20N4O4S2/c26-18(15-5-2-9-24(15)19(27)16-6-3-11-30-16)23-8-10-25-20(28)17(31-21(25)29)12-14-4-1-7-22-13-14/h1,3-4,6-7,11-13,15H,2,5,8-10H2,(H,23,26). The fraction of sp³-hybridized carbons (Fsp3) is 0.286. The van der Waals surface area contributed by atoms with Crippen molar-refractivity contribution in [2.45, 2.75) is 18.9 Å². The van der Waals surface area contributed by atoms with Crippen molar-refractivity contribution in [1.29, 1.82) is 0 Å². The van der Waals surface area contributed by atoms with E-state index < -0.39 is 6.04 Å². The van der Waals surface area contributed by atoms with Crippen molar-refractivity contribution in [3.05, 3.63) is 57.4 Å². The van der Waals surface area contributed by atoms with E-state index in [9.17, 15) is 19.2 Å². The van der Waals surface area contributed by atoms with Crippen LogP contribution in [0.4, 0.5) is 4.79 Å². The lowest BCUT2D eigenvalue weighted by molar-refractivity contribution is -0.126. The van der Waals surface area contributed by atoms with E-state index in [-0.39, 0.29) is 36.1 Å². The fourth-order valence-corrected chi connectivity index (χ4v) is 5.08. The number of hydrogen-bond acceptors (Lipinski definition) is 7. The highest BCUT2D eigenvalue weighted by atomic mass is 32.2. The van der Waals surface area contributed by atoms with Gasteiger partial charge in [0.25, 0.3) is 17.1 Å². The highest BCUT2D eigenvalue weighted by Crippen LogP contribution is 2.31. The zero-order valence-corrected chi connectivity index (χ0v) is 18.2. The van der Waals surface area contributed by atoms with Crippen LogP contribution in [0.25, 0.3) is 6.08 Å². The van der Waals surface area contributed by atoms with Crippen LogP contribution >= 0.6 is 23.1 Å². The van der Waals surface area contributed by atoms with Crippen molar-refractivity contribution in [1.82, 2.24) is 20.1 Å². The Morgan fingerprint density at radius 2 is 2.13 bits per heavy atom. The molecule has 2 saturated heterocycles. The van der Waals surface area contributed by atoms with Crippen molar-refractivity contribution in [3.63, 3.8) is 0 Å². The Balaban J connectivity index is 1.32. The quantitative estimate of drug-likeness (QED) is 0.671. The van der Waals surface area contributed by atoms with Crippen LogP contribution in [0.15, 0.2) is 46.9 Å². The second-order valence-electron chi connectivity index (χ2n) is 7.04. The third-order valence-electron chi connectivity index (χ3n) is 5.04. The molecule has 0 bridgehead atoms. The molecule has 160 valence electrons. The summed E-state index contributed by atoms with van der Waals surface area (Å²) in [4.78, 5) is 57.7.